The summed E-state index contributed by atoms with van der Waals surface area (Å²) >= 11 is 0. The number of rotatable bonds is 6. The highest BCUT2D eigenvalue weighted by molar-refractivity contribution is 7.89. The van der Waals surface area contributed by atoms with Crippen LogP contribution in [0.3, 0.4) is 0 Å². The number of halogens is 6. The summed E-state index contributed by atoms with van der Waals surface area (Å²) in [6.45, 7) is 2.55. The van der Waals surface area contributed by atoms with Gasteiger partial charge in [-0.1, -0.05) is 32.1 Å². The third kappa shape index (κ3) is 5.87. The van der Waals surface area contributed by atoms with Crippen molar-refractivity contribution in [3.63, 3.8) is 0 Å². The number of ether oxygens (including phenoxy) is 1. The Balaban J connectivity index is 1.80. The van der Waals surface area contributed by atoms with Crippen molar-refractivity contribution in [1.82, 2.24) is 9.29 Å². The molecule has 1 fully saturated rings. The second kappa shape index (κ2) is 10.5. The topological polar surface area (TPSA) is 96.8 Å². The lowest BCUT2D eigenvalue weighted by molar-refractivity contribution is -0.143. The number of pyridine rings is 1. The number of allylic oxidation sites excluding steroid dienone is 2. The number of carboxylic acid groups (broad SMARTS) is 1. The third-order valence-corrected chi connectivity index (χ3v) is 8.66. The first kappa shape index (κ1) is 29.6. The zero-order valence-corrected chi connectivity index (χ0v) is 21.9. The Labute approximate surface area is 225 Å². The minimum absolute atomic E-state index is 0.0596. The van der Waals surface area contributed by atoms with Crippen molar-refractivity contribution in [3.8, 4) is 0 Å². The number of aliphatic carboxylic acids is 1. The zero-order chi connectivity index (χ0) is 29.6. The van der Waals surface area contributed by atoms with Crippen LogP contribution in [0.1, 0.15) is 37.2 Å². The highest BCUT2D eigenvalue weighted by Gasteiger charge is 2.47. The van der Waals surface area contributed by atoms with Crippen LogP contribution in [0.15, 0.2) is 65.3 Å². The van der Waals surface area contributed by atoms with Gasteiger partial charge in [0.15, 0.2) is 0 Å². The summed E-state index contributed by atoms with van der Waals surface area (Å²) in [5.74, 6) is -2.83. The molecule has 0 bridgehead atoms. The molecule has 14 heteroatoms. The molecule has 216 valence electrons. The van der Waals surface area contributed by atoms with Gasteiger partial charge in [-0.2, -0.15) is 30.6 Å². The van der Waals surface area contributed by atoms with E-state index in [2.05, 4.69) is 4.98 Å². The molecule has 7 nitrogen and oxygen atoms in total. The molecule has 1 aliphatic heterocycles. The molecule has 2 aromatic rings. The van der Waals surface area contributed by atoms with E-state index < -0.39 is 75.0 Å². The molecule has 1 N–H and O–H groups in total. The maximum atomic E-state index is 13.8. The minimum Gasteiger partial charge on any atom is -0.492 e. The molecule has 2 unspecified atom stereocenters. The number of aromatic nitrogens is 1. The molecule has 0 spiro atoms. The van der Waals surface area contributed by atoms with Crippen LogP contribution in [0.5, 0.6) is 0 Å². The average Bonchev–Trinajstić information content (AvgIpc) is 2.87. The molecule has 40 heavy (non-hydrogen) atoms. The molecule has 1 saturated heterocycles. The van der Waals surface area contributed by atoms with E-state index >= 15 is 0 Å². The van der Waals surface area contributed by atoms with Crippen molar-refractivity contribution in [2.45, 2.75) is 49.7 Å². The van der Waals surface area contributed by atoms with E-state index in [1.165, 1.54) is 25.1 Å². The fourth-order valence-electron chi connectivity index (χ4n) is 4.79. The fourth-order valence-corrected chi connectivity index (χ4v) is 6.53. The molecule has 1 aliphatic carbocycles. The Bertz CT molecular complexity index is 1470. The van der Waals surface area contributed by atoms with E-state index in [0.717, 1.165) is 34.6 Å². The van der Waals surface area contributed by atoms with Gasteiger partial charge in [-0.25, -0.2) is 13.4 Å². The molecule has 0 saturated carbocycles. The fraction of sp³-hybridized carbons (Fsp3) is 0.385. The van der Waals surface area contributed by atoms with Gasteiger partial charge in [0.1, 0.15) is 17.6 Å². The normalized spacial score (nSPS) is 22.9. The van der Waals surface area contributed by atoms with Gasteiger partial charge in [-0.15, -0.1) is 0 Å². The van der Waals surface area contributed by atoms with Crippen LogP contribution in [-0.2, 0) is 31.9 Å². The van der Waals surface area contributed by atoms with Crippen LogP contribution in [0.25, 0.3) is 5.57 Å². The van der Waals surface area contributed by atoms with Gasteiger partial charge in [0.05, 0.1) is 34.7 Å². The summed E-state index contributed by atoms with van der Waals surface area (Å²) < 4.78 is 115. The number of benzene rings is 1. The Morgan fingerprint density at radius 2 is 1.77 bits per heavy atom. The predicted octanol–water partition coefficient (Wildman–Crippen LogP) is 5.61. The smallest absolute Gasteiger partial charge is 0.433 e. The van der Waals surface area contributed by atoms with E-state index in [1.807, 2.05) is 0 Å². The molecular formula is C26H24F6N2O5S. The molecule has 2 heterocycles. The van der Waals surface area contributed by atoms with Crippen LogP contribution >= 0.6 is 0 Å². The van der Waals surface area contributed by atoms with E-state index in [9.17, 15) is 44.7 Å². The molecule has 4 rings (SSSR count). The Kier molecular flexibility index (Phi) is 7.80. The number of alkyl halides is 6. The number of morpholine rings is 1. The SMILES string of the molecule is CC1C(c2cccc(C(F)(F)F)n2)=CC=C2O[C@@H](C[C@@H](C)C(=O)O)CN(S(=O)(=O)c3cccc(C(F)(F)F)c3)C21. The van der Waals surface area contributed by atoms with Crippen molar-refractivity contribution in [3.05, 3.63) is 77.3 Å². The maximum absolute atomic E-state index is 13.8. The number of fused-ring (bicyclic) bond motifs is 1. The molecule has 0 amide bonds. The van der Waals surface area contributed by atoms with Crippen LogP contribution in [0.4, 0.5) is 26.3 Å². The van der Waals surface area contributed by atoms with E-state index in [-0.39, 0.29) is 23.4 Å². The molecular weight excluding hydrogens is 566 g/mol. The molecule has 1 aromatic heterocycles. The lowest BCUT2D eigenvalue weighted by Crippen LogP contribution is -2.54. The minimum atomic E-state index is -4.82. The predicted molar refractivity (Wildman–Crippen MR) is 130 cm³/mol. The Morgan fingerprint density at radius 3 is 2.40 bits per heavy atom. The van der Waals surface area contributed by atoms with Crippen molar-refractivity contribution >= 4 is 21.6 Å². The number of carbonyl (C=O) groups is 1. The van der Waals surface area contributed by atoms with Gasteiger partial charge < -0.3 is 9.84 Å². The number of hydrogen-bond donors (Lipinski definition) is 1. The quantitative estimate of drug-likeness (QED) is 0.440. The second-order valence-corrected chi connectivity index (χ2v) is 11.5. The molecule has 2 aliphatic rings. The van der Waals surface area contributed by atoms with Crippen LogP contribution in [0, 0.1) is 11.8 Å². The highest BCUT2D eigenvalue weighted by Crippen LogP contribution is 2.42. The van der Waals surface area contributed by atoms with Crippen LogP contribution in [0.2, 0.25) is 0 Å². The summed E-state index contributed by atoms with van der Waals surface area (Å²) in [5.41, 5.74) is -2.14. The van der Waals surface area contributed by atoms with Gasteiger partial charge in [0, 0.05) is 5.92 Å². The summed E-state index contributed by atoms with van der Waals surface area (Å²) in [4.78, 5) is 14.5. The standard InChI is InChI=1S/C26H24F6N2O5S/c1-14(24(35)36)11-17-13-34(40(37,38)18-6-3-5-16(12-18)25(27,28)29)23-15(2)19(9-10-21(23)39-17)20-7-4-8-22(33-20)26(30,31)32/h3-10,12,14-15,17,23H,11,13H2,1-2H3,(H,35,36)/t14-,15?,17+,23?/m1/s1. The molecule has 0 radical (unpaired) electrons. The zero-order valence-electron chi connectivity index (χ0n) is 21.1. The number of sulfonamides is 1. The summed E-state index contributed by atoms with van der Waals surface area (Å²) in [6, 6.07) is 5.34. The van der Waals surface area contributed by atoms with Gasteiger partial charge in [-0.3, -0.25) is 4.79 Å². The van der Waals surface area contributed by atoms with Gasteiger partial charge in [0.25, 0.3) is 0 Å². The maximum Gasteiger partial charge on any atom is 0.433 e. The largest absolute Gasteiger partial charge is 0.492 e. The first-order chi connectivity index (χ1) is 18.5. The van der Waals surface area contributed by atoms with E-state index in [4.69, 9.17) is 4.74 Å². The summed E-state index contributed by atoms with van der Waals surface area (Å²) in [7, 11) is -4.64. The van der Waals surface area contributed by atoms with Crippen LogP contribution in [-0.4, -0.2) is 47.5 Å². The second-order valence-electron chi connectivity index (χ2n) is 9.65. The Hall–Kier alpha value is -3.39. The van der Waals surface area contributed by atoms with Crippen molar-refractivity contribution in [1.29, 1.82) is 0 Å². The first-order valence-electron chi connectivity index (χ1n) is 12.0. The van der Waals surface area contributed by atoms with E-state index in [0.29, 0.717) is 6.07 Å². The average molecular weight is 591 g/mol. The van der Waals surface area contributed by atoms with Gasteiger partial charge >= 0.3 is 18.3 Å². The number of nitrogens with zero attached hydrogens (tertiary/aromatic N) is 2. The number of carboxylic acids is 1. The van der Waals surface area contributed by atoms with Crippen molar-refractivity contribution < 1.29 is 49.4 Å². The highest BCUT2D eigenvalue weighted by atomic mass is 32.2. The lowest BCUT2D eigenvalue weighted by atomic mass is 9.84. The molecule has 4 atom stereocenters. The lowest BCUT2D eigenvalue weighted by Gasteiger charge is -2.45. The Morgan fingerprint density at radius 1 is 1.10 bits per heavy atom. The van der Waals surface area contributed by atoms with Crippen molar-refractivity contribution in [2.75, 3.05) is 6.54 Å². The van der Waals surface area contributed by atoms with Gasteiger partial charge in [-0.05, 0) is 48.4 Å². The number of hydrogen-bond acceptors (Lipinski definition) is 5. The van der Waals surface area contributed by atoms with Crippen LogP contribution < -0.4 is 0 Å². The van der Waals surface area contributed by atoms with Gasteiger partial charge in [0.2, 0.25) is 10.0 Å². The monoisotopic (exact) mass is 590 g/mol. The summed E-state index contributed by atoms with van der Waals surface area (Å²) in [5, 5.41) is 9.33. The van der Waals surface area contributed by atoms with Crippen molar-refractivity contribution in [2.24, 2.45) is 11.8 Å². The van der Waals surface area contributed by atoms with E-state index in [1.54, 1.807) is 6.92 Å². The summed E-state index contributed by atoms with van der Waals surface area (Å²) in [6.07, 6.45) is -7.79. The molecule has 1 aromatic carbocycles. The third-order valence-electron chi connectivity index (χ3n) is 6.82. The first-order valence-corrected chi connectivity index (χ1v) is 13.5.